The molecule has 100 valence electrons. The summed E-state index contributed by atoms with van der Waals surface area (Å²) in [6, 6.07) is 2.30. The highest BCUT2D eigenvalue weighted by Gasteiger charge is 2.17. The van der Waals surface area contributed by atoms with Crippen LogP contribution < -0.4 is 10.6 Å². The van der Waals surface area contributed by atoms with Crippen LogP contribution in [0.25, 0.3) is 0 Å². The lowest BCUT2D eigenvalue weighted by molar-refractivity contribution is 0.660. The number of anilines is 1. The Labute approximate surface area is 110 Å². The fraction of sp³-hybridized carbons (Fsp3) is 0.667. The Balaban J connectivity index is 2.38. The summed E-state index contributed by atoms with van der Waals surface area (Å²) in [5.74, 6) is 1.13. The molecule has 2 rings (SSSR count). The molecule has 0 aliphatic heterocycles. The molecule has 3 nitrogen and oxygen atoms in total. The van der Waals surface area contributed by atoms with Crippen LogP contribution in [0.3, 0.4) is 0 Å². The molecule has 0 bridgehead atoms. The molecular formula is C15H25N3. The highest BCUT2D eigenvalue weighted by atomic mass is 15.2. The van der Waals surface area contributed by atoms with Gasteiger partial charge in [-0.25, -0.2) is 4.98 Å². The predicted octanol–water partition coefficient (Wildman–Crippen LogP) is 2.66. The van der Waals surface area contributed by atoms with Crippen molar-refractivity contribution in [2.45, 2.75) is 52.5 Å². The van der Waals surface area contributed by atoms with Crippen LogP contribution in [-0.2, 0) is 19.4 Å². The third-order valence-electron chi connectivity index (χ3n) is 3.75. The molecule has 0 spiro atoms. The molecule has 1 aliphatic carbocycles. The van der Waals surface area contributed by atoms with E-state index in [0.29, 0.717) is 6.54 Å². The van der Waals surface area contributed by atoms with E-state index in [1.54, 1.807) is 0 Å². The van der Waals surface area contributed by atoms with Gasteiger partial charge in [0.25, 0.3) is 0 Å². The van der Waals surface area contributed by atoms with Crippen molar-refractivity contribution in [3.8, 4) is 0 Å². The molecule has 0 amide bonds. The number of fused-ring (bicyclic) bond motifs is 1. The summed E-state index contributed by atoms with van der Waals surface area (Å²) in [6.07, 6.45) is 6.04. The van der Waals surface area contributed by atoms with Gasteiger partial charge in [-0.2, -0.15) is 0 Å². The topological polar surface area (TPSA) is 42.2 Å². The summed E-state index contributed by atoms with van der Waals surface area (Å²) >= 11 is 0. The molecular weight excluding hydrogens is 222 g/mol. The molecule has 0 unspecified atom stereocenters. The largest absolute Gasteiger partial charge is 0.357 e. The average molecular weight is 247 g/mol. The second-order valence-electron chi connectivity index (χ2n) is 5.07. The molecule has 0 atom stereocenters. The third-order valence-corrected chi connectivity index (χ3v) is 3.75. The highest BCUT2D eigenvalue weighted by Crippen LogP contribution is 2.26. The maximum Gasteiger partial charge on any atom is 0.133 e. The quantitative estimate of drug-likeness (QED) is 0.870. The van der Waals surface area contributed by atoms with E-state index in [2.05, 4.69) is 24.8 Å². The molecule has 0 radical (unpaired) electrons. The zero-order valence-corrected chi connectivity index (χ0v) is 11.7. The van der Waals surface area contributed by atoms with Gasteiger partial charge in [0.1, 0.15) is 5.82 Å². The van der Waals surface area contributed by atoms with Gasteiger partial charge in [0, 0.05) is 30.9 Å². The van der Waals surface area contributed by atoms with Gasteiger partial charge in [-0.05, 0) is 50.7 Å². The number of nitrogens with zero attached hydrogens (tertiary/aromatic N) is 2. The summed E-state index contributed by atoms with van der Waals surface area (Å²) in [4.78, 5) is 7.28. The van der Waals surface area contributed by atoms with Crippen molar-refractivity contribution >= 4 is 5.82 Å². The van der Waals surface area contributed by atoms with E-state index in [-0.39, 0.29) is 0 Å². The summed E-state index contributed by atoms with van der Waals surface area (Å²) in [6.45, 7) is 7.07. The standard InChI is InChI=1S/C15H25N3/c1-3-9-18(4-2)15-13(11-16)10-12-7-5-6-8-14(12)17-15/h10H,3-9,11,16H2,1-2H3. The monoisotopic (exact) mass is 247 g/mol. The molecule has 0 aromatic carbocycles. The maximum atomic E-state index is 5.91. The molecule has 0 saturated heterocycles. The SMILES string of the molecule is CCCN(CC)c1nc2c(cc1CN)CCCC2. The third kappa shape index (κ3) is 2.66. The summed E-state index contributed by atoms with van der Waals surface area (Å²) in [7, 11) is 0. The van der Waals surface area contributed by atoms with E-state index in [0.717, 1.165) is 31.7 Å². The Morgan fingerprint density at radius 1 is 1.28 bits per heavy atom. The lowest BCUT2D eigenvalue weighted by atomic mass is 9.94. The minimum absolute atomic E-state index is 0.593. The van der Waals surface area contributed by atoms with Crippen molar-refractivity contribution in [3.63, 3.8) is 0 Å². The first-order valence-electron chi connectivity index (χ1n) is 7.26. The minimum Gasteiger partial charge on any atom is -0.357 e. The van der Waals surface area contributed by atoms with E-state index >= 15 is 0 Å². The van der Waals surface area contributed by atoms with Gasteiger partial charge in [0.15, 0.2) is 0 Å². The van der Waals surface area contributed by atoms with E-state index in [9.17, 15) is 0 Å². The van der Waals surface area contributed by atoms with E-state index in [1.807, 2.05) is 0 Å². The van der Waals surface area contributed by atoms with Crippen molar-refractivity contribution in [2.75, 3.05) is 18.0 Å². The van der Waals surface area contributed by atoms with Crippen molar-refractivity contribution in [1.29, 1.82) is 0 Å². The van der Waals surface area contributed by atoms with Crippen LogP contribution in [0.5, 0.6) is 0 Å². The lowest BCUT2D eigenvalue weighted by Gasteiger charge is -2.26. The Morgan fingerprint density at radius 3 is 2.72 bits per heavy atom. The van der Waals surface area contributed by atoms with Crippen LogP contribution in [-0.4, -0.2) is 18.1 Å². The normalized spacial score (nSPS) is 14.4. The highest BCUT2D eigenvalue weighted by molar-refractivity contribution is 5.50. The molecule has 0 saturated carbocycles. The first kappa shape index (κ1) is 13.3. The molecule has 2 N–H and O–H groups in total. The van der Waals surface area contributed by atoms with Crippen molar-refractivity contribution in [3.05, 3.63) is 22.9 Å². The maximum absolute atomic E-state index is 5.91. The van der Waals surface area contributed by atoms with Gasteiger partial charge < -0.3 is 10.6 Å². The van der Waals surface area contributed by atoms with Crippen molar-refractivity contribution in [1.82, 2.24) is 4.98 Å². The number of pyridine rings is 1. The van der Waals surface area contributed by atoms with Gasteiger partial charge in [-0.15, -0.1) is 0 Å². The van der Waals surface area contributed by atoms with Gasteiger partial charge in [-0.3, -0.25) is 0 Å². The zero-order valence-electron chi connectivity index (χ0n) is 11.7. The minimum atomic E-state index is 0.593. The van der Waals surface area contributed by atoms with Gasteiger partial charge >= 0.3 is 0 Å². The number of rotatable bonds is 5. The summed E-state index contributed by atoms with van der Waals surface area (Å²) in [5.41, 5.74) is 9.86. The average Bonchev–Trinajstić information content (AvgIpc) is 2.43. The Bertz CT molecular complexity index is 401. The fourth-order valence-electron chi connectivity index (χ4n) is 2.78. The molecule has 3 heteroatoms. The number of nitrogens with two attached hydrogens (primary N) is 1. The van der Waals surface area contributed by atoms with E-state index in [1.165, 1.54) is 36.1 Å². The second-order valence-corrected chi connectivity index (χ2v) is 5.07. The molecule has 1 heterocycles. The summed E-state index contributed by atoms with van der Waals surface area (Å²) < 4.78 is 0. The Hall–Kier alpha value is -1.09. The van der Waals surface area contributed by atoms with Gasteiger partial charge in [-0.1, -0.05) is 6.92 Å². The van der Waals surface area contributed by atoms with Crippen LogP contribution in [0.1, 0.15) is 49.9 Å². The summed E-state index contributed by atoms with van der Waals surface area (Å²) in [5, 5.41) is 0. The molecule has 0 fully saturated rings. The van der Waals surface area contributed by atoms with E-state index < -0.39 is 0 Å². The first-order chi connectivity index (χ1) is 8.80. The number of hydrogen-bond donors (Lipinski definition) is 1. The molecule has 1 aromatic rings. The molecule has 1 aliphatic rings. The van der Waals surface area contributed by atoms with Crippen LogP contribution in [0.15, 0.2) is 6.07 Å². The van der Waals surface area contributed by atoms with Crippen LogP contribution in [0.4, 0.5) is 5.82 Å². The zero-order chi connectivity index (χ0) is 13.0. The lowest BCUT2D eigenvalue weighted by Crippen LogP contribution is -2.27. The van der Waals surface area contributed by atoms with Crippen LogP contribution in [0, 0.1) is 0 Å². The Kier molecular flexibility index (Phi) is 4.59. The molecule has 18 heavy (non-hydrogen) atoms. The van der Waals surface area contributed by atoms with E-state index in [4.69, 9.17) is 10.7 Å². The van der Waals surface area contributed by atoms with Gasteiger partial charge in [0.05, 0.1) is 0 Å². The van der Waals surface area contributed by atoms with Gasteiger partial charge in [0.2, 0.25) is 0 Å². The Morgan fingerprint density at radius 2 is 2.06 bits per heavy atom. The van der Waals surface area contributed by atoms with Crippen molar-refractivity contribution in [2.24, 2.45) is 5.73 Å². The number of aromatic nitrogens is 1. The fourth-order valence-corrected chi connectivity index (χ4v) is 2.78. The number of hydrogen-bond acceptors (Lipinski definition) is 3. The number of aryl methyl sites for hydroxylation is 2. The van der Waals surface area contributed by atoms with Crippen molar-refractivity contribution < 1.29 is 0 Å². The molecule has 1 aromatic heterocycles. The first-order valence-corrected chi connectivity index (χ1v) is 7.26. The predicted molar refractivity (Wildman–Crippen MR) is 76.9 cm³/mol. The van der Waals surface area contributed by atoms with Crippen LogP contribution in [0.2, 0.25) is 0 Å². The smallest absolute Gasteiger partial charge is 0.133 e. The van der Waals surface area contributed by atoms with Crippen LogP contribution >= 0.6 is 0 Å². The second kappa shape index (κ2) is 6.19.